The molecule has 4 heteroatoms. The number of nitrogens with one attached hydrogen (secondary N) is 1. The smallest absolute Gasteiger partial charge is 0.286 e. The Labute approximate surface area is 44.5 Å². The molecule has 37 valence electrons. The summed E-state index contributed by atoms with van der Waals surface area (Å²) in [6.45, 7) is 0. The van der Waals surface area contributed by atoms with Crippen LogP contribution in [-0.4, -0.2) is 11.1 Å². The number of amides is 2. The van der Waals surface area contributed by atoms with Crippen LogP contribution >= 0.6 is 11.8 Å². The highest BCUT2D eigenvalue weighted by Gasteiger charge is 2.17. The molecule has 0 saturated carbocycles. The number of thioether (sulfide) groups is 1. The van der Waals surface area contributed by atoms with E-state index < -0.39 is 0 Å². The molecule has 1 radical (unpaired) electrons. The second kappa shape index (κ2) is 1.54. The van der Waals surface area contributed by atoms with E-state index >= 15 is 0 Å². The van der Waals surface area contributed by atoms with E-state index in [-0.39, 0.29) is 11.1 Å². The van der Waals surface area contributed by atoms with Crippen molar-refractivity contribution in [1.82, 2.24) is 5.32 Å². The van der Waals surface area contributed by atoms with Crippen LogP contribution in [0.25, 0.3) is 0 Å². The monoisotopic (exact) mass is 116 g/mol. The van der Waals surface area contributed by atoms with Gasteiger partial charge in [-0.1, -0.05) is 0 Å². The number of imide groups is 1. The topological polar surface area (TPSA) is 46.2 Å². The molecule has 0 spiro atoms. The van der Waals surface area contributed by atoms with Crippen LogP contribution in [0.15, 0.2) is 0 Å². The second-order valence-corrected chi connectivity index (χ2v) is 1.85. The molecule has 0 unspecified atom stereocenters. The van der Waals surface area contributed by atoms with E-state index in [0.717, 1.165) is 11.8 Å². The molecule has 0 aliphatic carbocycles. The fourth-order valence-electron chi connectivity index (χ4n) is 0.267. The van der Waals surface area contributed by atoms with Gasteiger partial charge in [0.1, 0.15) is 5.75 Å². The molecule has 7 heavy (non-hydrogen) atoms. The lowest BCUT2D eigenvalue weighted by Gasteiger charge is -1.77. The number of hydrogen-bond donors (Lipinski definition) is 1. The predicted molar refractivity (Wildman–Crippen MR) is 25.4 cm³/mol. The summed E-state index contributed by atoms with van der Waals surface area (Å²) in [4.78, 5) is 20.1. The molecule has 0 aromatic rings. The Morgan fingerprint density at radius 3 is 2.43 bits per heavy atom. The van der Waals surface area contributed by atoms with Crippen LogP contribution < -0.4 is 5.32 Å². The summed E-state index contributed by atoms with van der Waals surface area (Å²) in [6, 6.07) is 0. The quantitative estimate of drug-likeness (QED) is 0.489. The van der Waals surface area contributed by atoms with E-state index in [9.17, 15) is 9.59 Å². The highest BCUT2D eigenvalue weighted by atomic mass is 32.2. The Morgan fingerprint density at radius 2 is 2.29 bits per heavy atom. The zero-order valence-corrected chi connectivity index (χ0v) is 4.12. The minimum Gasteiger partial charge on any atom is -0.286 e. The summed E-state index contributed by atoms with van der Waals surface area (Å²) in [7, 11) is 0. The molecule has 0 aromatic heterocycles. The van der Waals surface area contributed by atoms with Gasteiger partial charge in [-0.3, -0.25) is 14.9 Å². The summed E-state index contributed by atoms with van der Waals surface area (Å²) in [6.07, 6.45) is 0. The van der Waals surface area contributed by atoms with Crippen LogP contribution in [0.1, 0.15) is 0 Å². The van der Waals surface area contributed by atoms with Gasteiger partial charge < -0.3 is 0 Å². The molecular formula is C3H2NO2S. The Hall–Kier alpha value is -0.510. The third-order valence-corrected chi connectivity index (χ3v) is 1.15. The highest BCUT2D eigenvalue weighted by molar-refractivity contribution is 8.16. The van der Waals surface area contributed by atoms with Crippen molar-refractivity contribution in [2.75, 3.05) is 0 Å². The first-order valence-corrected chi connectivity index (χ1v) is 2.52. The lowest BCUT2D eigenvalue weighted by molar-refractivity contribution is -0.115. The Kier molecular flexibility index (Phi) is 1.02. The first-order chi connectivity index (χ1) is 3.29. The van der Waals surface area contributed by atoms with Gasteiger partial charge in [0.2, 0.25) is 5.91 Å². The molecule has 0 bridgehead atoms. The van der Waals surface area contributed by atoms with Crippen molar-refractivity contribution in [2.24, 2.45) is 0 Å². The molecule has 1 aliphatic rings. The zero-order chi connectivity index (χ0) is 5.28. The number of hydrogen-bond acceptors (Lipinski definition) is 3. The van der Waals surface area contributed by atoms with Gasteiger partial charge in [-0.15, -0.1) is 0 Å². The normalized spacial score (nSPS) is 20.0. The Balaban J connectivity index is 2.55. The molecule has 0 atom stereocenters. The molecule has 3 nitrogen and oxygen atoms in total. The van der Waals surface area contributed by atoms with Gasteiger partial charge in [0.05, 0.1) is 0 Å². The average Bonchev–Trinajstić information content (AvgIpc) is 1.87. The van der Waals surface area contributed by atoms with Crippen molar-refractivity contribution in [1.29, 1.82) is 0 Å². The maximum Gasteiger partial charge on any atom is 0.286 e. The van der Waals surface area contributed by atoms with Gasteiger partial charge >= 0.3 is 0 Å². The molecule has 1 rings (SSSR count). The van der Waals surface area contributed by atoms with Gasteiger partial charge in [-0.25, -0.2) is 0 Å². The maximum atomic E-state index is 10.1. The van der Waals surface area contributed by atoms with Gasteiger partial charge in [0.15, 0.2) is 0 Å². The van der Waals surface area contributed by atoms with Crippen LogP contribution in [0.3, 0.4) is 0 Å². The van der Waals surface area contributed by atoms with Crippen LogP contribution in [0.4, 0.5) is 4.79 Å². The second-order valence-electron chi connectivity index (χ2n) is 1.01. The molecule has 1 saturated heterocycles. The van der Waals surface area contributed by atoms with E-state index in [4.69, 9.17) is 0 Å². The minimum atomic E-state index is -0.310. The largest absolute Gasteiger partial charge is 0.286 e. The lowest BCUT2D eigenvalue weighted by atomic mass is 10.7. The van der Waals surface area contributed by atoms with Gasteiger partial charge in [0, 0.05) is 0 Å². The summed E-state index contributed by atoms with van der Waals surface area (Å²) in [5, 5.41) is 1.76. The first kappa shape index (κ1) is 4.64. The van der Waals surface area contributed by atoms with E-state index in [2.05, 4.69) is 0 Å². The summed E-state index contributed by atoms with van der Waals surface area (Å²) in [5.74, 6) is 0.928. The maximum absolute atomic E-state index is 10.1. The van der Waals surface area contributed by atoms with Crippen molar-refractivity contribution in [3.8, 4) is 0 Å². The fraction of sp³-hybridized carbons (Fsp3) is 0. The molecule has 2 amide bonds. The Bertz CT molecular complexity index is 108. The lowest BCUT2D eigenvalue weighted by Crippen LogP contribution is -2.16. The third-order valence-electron chi connectivity index (χ3n) is 0.498. The van der Waals surface area contributed by atoms with E-state index in [1.165, 1.54) is 5.75 Å². The van der Waals surface area contributed by atoms with E-state index in [1.54, 1.807) is 0 Å². The molecule has 0 aromatic carbocycles. The van der Waals surface area contributed by atoms with Gasteiger partial charge in [-0.2, -0.15) is 0 Å². The van der Waals surface area contributed by atoms with Crippen molar-refractivity contribution >= 4 is 22.9 Å². The third kappa shape index (κ3) is 0.928. The van der Waals surface area contributed by atoms with Crippen molar-refractivity contribution < 1.29 is 9.59 Å². The van der Waals surface area contributed by atoms with Crippen LogP contribution in [0.2, 0.25) is 0 Å². The molecule has 1 fully saturated rings. The average molecular weight is 116 g/mol. The van der Waals surface area contributed by atoms with Crippen molar-refractivity contribution in [3.05, 3.63) is 5.75 Å². The molecular weight excluding hydrogens is 114 g/mol. The number of carbonyl (C=O) groups is 2. The van der Waals surface area contributed by atoms with Crippen molar-refractivity contribution in [3.63, 3.8) is 0 Å². The molecule has 1 N–H and O–H groups in total. The number of carbonyl (C=O) groups excluding carboxylic acids is 2. The highest BCUT2D eigenvalue weighted by Crippen LogP contribution is 2.11. The van der Waals surface area contributed by atoms with Gasteiger partial charge in [-0.05, 0) is 11.8 Å². The summed E-state index contributed by atoms with van der Waals surface area (Å²) < 4.78 is 0. The predicted octanol–water partition coefficient (Wildman–Crippen LogP) is 0.131. The van der Waals surface area contributed by atoms with Crippen LogP contribution in [-0.2, 0) is 4.79 Å². The molecule has 1 heterocycles. The standard InChI is InChI=1S/C3H2NO2S/c5-2-1-7-3(6)4-2/h1H,(H,4,5,6). The van der Waals surface area contributed by atoms with E-state index in [0.29, 0.717) is 0 Å². The SMILES string of the molecule is O=C1[CH]SC(=O)N1. The van der Waals surface area contributed by atoms with Crippen LogP contribution in [0, 0.1) is 5.75 Å². The first-order valence-electron chi connectivity index (χ1n) is 1.64. The molecule has 1 aliphatic heterocycles. The van der Waals surface area contributed by atoms with Crippen LogP contribution in [0.5, 0.6) is 0 Å². The summed E-state index contributed by atoms with van der Waals surface area (Å²) >= 11 is 0.881. The van der Waals surface area contributed by atoms with Crippen molar-refractivity contribution in [2.45, 2.75) is 0 Å². The minimum absolute atomic E-state index is 0.287. The Morgan fingerprint density at radius 1 is 1.57 bits per heavy atom. The van der Waals surface area contributed by atoms with Gasteiger partial charge in [0.25, 0.3) is 5.24 Å². The summed E-state index contributed by atoms with van der Waals surface area (Å²) in [5.41, 5.74) is 0. The van der Waals surface area contributed by atoms with E-state index in [1.807, 2.05) is 5.32 Å². The number of rotatable bonds is 0. The zero-order valence-electron chi connectivity index (χ0n) is 3.30. The fourth-order valence-corrected chi connectivity index (χ4v) is 0.699.